The van der Waals surface area contributed by atoms with E-state index in [9.17, 15) is 0 Å². The second-order valence-corrected chi connectivity index (χ2v) is 3.25. The predicted molar refractivity (Wildman–Crippen MR) is 54.0 cm³/mol. The SMILES string of the molecule is CCc1nn2c(C)cccc2c1C#N. The second-order valence-electron chi connectivity index (χ2n) is 3.25. The Kier molecular flexibility index (Phi) is 1.97. The van der Waals surface area contributed by atoms with Crippen LogP contribution in [0.5, 0.6) is 0 Å². The third kappa shape index (κ3) is 1.08. The van der Waals surface area contributed by atoms with Gasteiger partial charge in [-0.05, 0) is 25.5 Å². The smallest absolute Gasteiger partial charge is 0.103 e. The number of hydrogen-bond donors (Lipinski definition) is 0. The third-order valence-electron chi connectivity index (χ3n) is 2.37. The van der Waals surface area contributed by atoms with Gasteiger partial charge in [0, 0.05) is 5.69 Å². The molecule has 0 bridgehead atoms. The minimum Gasteiger partial charge on any atom is -0.236 e. The van der Waals surface area contributed by atoms with E-state index in [1.54, 1.807) is 0 Å². The van der Waals surface area contributed by atoms with Gasteiger partial charge in [0.2, 0.25) is 0 Å². The fourth-order valence-corrected chi connectivity index (χ4v) is 1.62. The van der Waals surface area contributed by atoms with Crippen molar-refractivity contribution in [1.29, 1.82) is 5.26 Å². The van der Waals surface area contributed by atoms with E-state index in [0.29, 0.717) is 5.56 Å². The minimum absolute atomic E-state index is 0.705. The minimum atomic E-state index is 0.705. The lowest BCUT2D eigenvalue weighted by molar-refractivity contribution is 0.867. The van der Waals surface area contributed by atoms with Crippen LogP contribution in [0.2, 0.25) is 0 Å². The first kappa shape index (κ1) is 8.76. The number of nitriles is 1. The van der Waals surface area contributed by atoms with Crippen LogP contribution in [0.4, 0.5) is 0 Å². The highest BCUT2D eigenvalue weighted by Gasteiger charge is 2.10. The summed E-state index contributed by atoms with van der Waals surface area (Å²) in [7, 11) is 0. The number of pyridine rings is 1. The molecule has 2 aromatic rings. The average molecular weight is 185 g/mol. The first-order chi connectivity index (χ1) is 6.77. The van der Waals surface area contributed by atoms with Crippen LogP contribution in [0.1, 0.15) is 23.9 Å². The molecule has 0 amide bonds. The van der Waals surface area contributed by atoms with Gasteiger partial charge in [-0.15, -0.1) is 0 Å². The van der Waals surface area contributed by atoms with Crippen LogP contribution >= 0.6 is 0 Å². The molecule has 0 fully saturated rings. The number of aryl methyl sites for hydroxylation is 2. The van der Waals surface area contributed by atoms with E-state index in [0.717, 1.165) is 23.3 Å². The molecule has 2 heterocycles. The Morgan fingerprint density at radius 1 is 1.50 bits per heavy atom. The standard InChI is InChI=1S/C11H11N3/c1-3-10-9(7-12)11-6-4-5-8(2)14(11)13-10/h4-6H,3H2,1-2H3. The van der Waals surface area contributed by atoms with Crippen molar-refractivity contribution in [3.63, 3.8) is 0 Å². The van der Waals surface area contributed by atoms with Crippen LogP contribution in [-0.2, 0) is 6.42 Å². The molecule has 0 aromatic carbocycles. The lowest BCUT2D eigenvalue weighted by Gasteiger charge is -1.96. The molecule has 0 saturated heterocycles. The summed E-state index contributed by atoms with van der Waals surface area (Å²) in [6.45, 7) is 4.00. The lowest BCUT2D eigenvalue weighted by Crippen LogP contribution is -1.92. The largest absolute Gasteiger partial charge is 0.236 e. The highest BCUT2D eigenvalue weighted by molar-refractivity contribution is 5.63. The van der Waals surface area contributed by atoms with Gasteiger partial charge in [-0.25, -0.2) is 4.52 Å². The molecular weight excluding hydrogens is 174 g/mol. The first-order valence-corrected chi connectivity index (χ1v) is 4.65. The summed E-state index contributed by atoms with van der Waals surface area (Å²) in [4.78, 5) is 0. The molecule has 0 N–H and O–H groups in total. The Balaban J connectivity index is 2.88. The maximum absolute atomic E-state index is 9.02. The van der Waals surface area contributed by atoms with E-state index in [1.165, 1.54) is 0 Å². The Bertz CT molecular complexity index is 517. The zero-order valence-corrected chi connectivity index (χ0v) is 8.28. The molecule has 0 aliphatic rings. The lowest BCUT2D eigenvalue weighted by atomic mass is 10.2. The topological polar surface area (TPSA) is 41.1 Å². The van der Waals surface area contributed by atoms with Crippen molar-refractivity contribution in [3.05, 3.63) is 35.2 Å². The monoisotopic (exact) mass is 185 g/mol. The highest BCUT2D eigenvalue weighted by Crippen LogP contribution is 2.16. The van der Waals surface area contributed by atoms with Crippen LogP contribution in [0.25, 0.3) is 5.52 Å². The molecule has 2 aromatic heterocycles. The van der Waals surface area contributed by atoms with Gasteiger partial charge in [0.25, 0.3) is 0 Å². The molecule has 0 aliphatic carbocycles. The molecule has 0 saturated carbocycles. The molecule has 0 radical (unpaired) electrons. The third-order valence-corrected chi connectivity index (χ3v) is 2.37. The molecule has 14 heavy (non-hydrogen) atoms. The molecule has 0 spiro atoms. The van der Waals surface area contributed by atoms with Crippen LogP contribution in [0.3, 0.4) is 0 Å². The van der Waals surface area contributed by atoms with Crippen molar-refractivity contribution in [3.8, 4) is 6.07 Å². The van der Waals surface area contributed by atoms with Crippen molar-refractivity contribution in [2.45, 2.75) is 20.3 Å². The van der Waals surface area contributed by atoms with Crippen LogP contribution in [0.15, 0.2) is 18.2 Å². The summed E-state index contributed by atoms with van der Waals surface area (Å²) in [6, 6.07) is 8.08. The molecule has 0 aliphatic heterocycles. The van der Waals surface area contributed by atoms with Crippen molar-refractivity contribution in [1.82, 2.24) is 9.61 Å². The maximum Gasteiger partial charge on any atom is 0.103 e. The average Bonchev–Trinajstić information content (AvgIpc) is 2.57. The molecule has 0 atom stereocenters. The maximum atomic E-state index is 9.02. The highest BCUT2D eigenvalue weighted by atomic mass is 15.2. The van der Waals surface area contributed by atoms with Crippen molar-refractivity contribution >= 4 is 5.52 Å². The molecule has 2 rings (SSSR count). The van der Waals surface area contributed by atoms with Gasteiger partial charge in [0.05, 0.1) is 11.2 Å². The van der Waals surface area contributed by atoms with Crippen molar-refractivity contribution in [2.75, 3.05) is 0 Å². The summed E-state index contributed by atoms with van der Waals surface area (Å²) >= 11 is 0. The van der Waals surface area contributed by atoms with E-state index in [1.807, 2.05) is 36.6 Å². The van der Waals surface area contributed by atoms with E-state index in [4.69, 9.17) is 5.26 Å². The molecular formula is C11H11N3. The predicted octanol–water partition coefficient (Wildman–Crippen LogP) is 2.08. The Hall–Kier alpha value is -1.82. The molecule has 3 nitrogen and oxygen atoms in total. The summed E-state index contributed by atoms with van der Waals surface area (Å²) < 4.78 is 1.83. The van der Waals surface area contributed by atoms with Gasteiger partial charge in [0.1, 0.15) is 11.6 Å². The van der Waals surface area contributed by atoms with Gasteiger partial charge < -0.3 is 0 Å². The van der Waals surface area contributed by atoms with E-state index >= 15 is 0 Å². The first-order valence-electron chi connectivity index (χ1n) is 4.65. The quantitative estimate of drug-likeness (QED) is 0.682. The normalized spacial score (nSPS) is 10.4. The van der Waals surface area contributed by atoms with E-state index in [2.05, 4.69) is 11.2 Å². The van der Waals surface area contributed by atoms with Gasteiger partial charge in [-0.2, -0.15) is 10.4 Å². The van der Waals surface area contributed by atoms with Gasteiger partial charge in [-0.3, -0.25) is 0 Å². The zero-order chi connectivity index (χ0) is 10.1. The zero-order valence-electron chi connectivity index (χ0n) is 8.28. The fraction of sp³-hybridized carbons (Fsp3) is 0.273. The Morgan fingerprint density at radius 3 is 2.93 bits per heavy atom. The van der Waals surface area contributed by atoms with Crippen LogP contribution in [0, 0.1) is 18.3 Å². The number of aromatic nitrogens is 2. The van der Waals surface area contributed by atoms with Crippen molar-refractivity contribution in [2.24, 2.45) is 0 Å². The van der Waals surface area contributed by atoms with Crippen LogP contribution in [-0.4, -0.2) is 9.61 Å². The number of nitrogens with zero attached hydrogens (tertiary/aromatic N) is 3. The molecule has 0 unspecified atom stereocenters. The van der Waals surface area contributed by atoms with Crippen molar-refractivity contribution < 1.29 is 0 Å². The summed E-state index contributed by atoms with van der Waals surface area (Å²) in [5, 5.41) is 13.4. The number of rotatable bonds is 1. The Labute approximate surface area is 82.6 Å². The number of hydrogen-bond acceptors (Lipinski definition) is 2. The van der Waals surface area contributed by atoms with Gasteiger partial charge in [0.15, 0.2) is 0 Å². The van der Waals surface area contributed by atoms with Gasteiger partial charge in [-0.1, -0.05) is 13.0 Å². The van der Waals surface area contributed by atoms with E-state index in [-0.39, 0.29) is 0 Å². The van der Waals surface area contributed by atoms with Gasteiger partial charge >= 0.3 is 0 Å². The fourth-order valence-electron chi connectivity index (χ4n) is 1.62. The van der Waals surface area contributed by atoms with Crippen LogP contribution < -0.4 is 0 Å². The summed E-state index contributed by atoms with van der Waals surface area (Å²) in [5.41, 5.74) is 3.54. The second kappa shape index (κ2) is 3.15. The van der Waals surface area contributed by atoms with E-state index < -0.39 is 0 Å². The molecule has 3 heteroatoms. The summed E-state index contributed by atoms with van der Waals surface area (Å²) in [5.74, 6) is 0. The summed E-state index contributed by atoms with van der Waals surface area (Å²) in [6.07, 6.45) is 0.796. The Morgan fingerprint density at radius 2 is 2.29 bits per heavy atom. The number of fused-ring (bicyclic) bond motifs is 1. The molecule has 70 valence electrons.